The average Bonchev–Trinajstić information content (AvgIpc) is 3.41. The molecule has 1 aromatic carbocycles. The van der Waals surface area contributed by atoms with Crippen LogP contribution in [0, 0.1) is 0 Å². The lowest BCUT2D eigenvalue weighted by Crippen LogP contribution is -2.27. The van der Waals surface area contributed by atoms with Crippen LogP contribution >= 0.6 is 0 Å². The molecule has 0 bridgehead atoms. The molecule has 2 aliphatic heterocycles. The summed E-state index contributed by atoms with van der Waals surface area (Å²) in [5.74, 6) is 0. The second-order valence-corrected chi connectivity index (χ2v) is 5.47. The highest BCUT2D eigenvalue weighted by Gasteiger charge is 2.13. The minimum Gasteiger partial charge on any atom is -0.373 e. The Morgan fingerprint density at radius 1 is 1.13 bits per heavy atom. The molecule has 1 N–H and O–H groups in total. The van der Waals surface area contributed by atoms with Crippen molar-refractivity contribution >= 4 is 0 Å². The van der Waals surface area contributed by atoms with Gasteiger partial charge in [0.15, 0.2) is 6.29 Å². The maximum atomic E-state index is 5.64. The molecule has 2 aliphatic rings. The van der Waals surface area contributed by atoms with Crippen molar-refractivity contribution < 1.29 is 14.2 Å². The fraction of sp³-hybridized carbons (Fsp3) is 0.684. The molecule has 0 aromatic heterocycles. The Hall–Kier alpha value is -0.940. The van der Waals surface area contributed by atoms with Crippen LogP contribution in [0.1, 0.15) is 45.6 Å². The summed E-state index contributed by atoms with van der Waals surface area (Å²) in [5.41, 5.74) is 1.31. The first-order valence-electron chi connectivity index (χ1n) is 8.94. The van der Waals surface area contributed by atoms with Gasteiger partial charge in [0.1, 0.15) is 0 Å². The van der Waals surface area contributed by atoms with E-state index in [-0.39, 0.29) is 6.29 Å². The molecule has 3 rings (SSSR count). The van der Waals surface area contributed by atoms with Crippen molar-refractivity contribution in [3.8, 4) is 0 Å². The predicted molar refractivity (Wildman–Crippen MR) is 94.5 cm³/mol. The Labute approximate surface area is 141 Å². The van der Waals surface area contributed by atoms with Gasteiger partial charge in [-0.3, -0.25) is 0 Å². The number of hydrogen-bond acceptors (Lipinski definition) is 4. The largest absolute Gasteiger partial charge is 0.373 e. The Bertz CT molecular complexity index is 362. The van der Waals surface area contributed by atoms with Crippen molar-refractivity contribution in [3.05, 3.63) is 35.9 Å². The standard InChI is InChI=1S/C14H21NO2.C3H6O.C2H6/c1-2-6-13(7-3-1)12-15-9-11-17-14-8-4-5-10-16-14;1-3-2-4-3;1-2/h1-3,6-7,14-15H,4-5,8-12H2;3H,2H2,1H3;1-2H3. The number of benzene rings is 1. The van der Waals surface area contributed by atoms with Crippen molar-refractivity contribution in [1.29, 1.82) is 0 Å². The van der Waals surface area contributed by atoms with E-state index in [1.807, 2.05) is 19.9 Å². The first kappa shape index (κ1) is 20.1. The highest BCUT2D eigenvalue weighted by atomic mass is 16.7. The van der Waals surface area contributed by atoms with Gasteiger partial charge in [0.25, 0.3) is 0 Å². The molecule has 0 saturated carbocycles. The zero-order valence-electron chi connectivity index (χ0n) is 14.9. The summed E-state index contributed by atoms with van der Waals surface area (Å²) in [6.45, 7) is 10.4. The van der Waals surface area contributed by atoms with E-state index in [0.29, 0.717) is 6.10 Å². The molecule has 2 saturated heterocycles. The van der Waals surface area contributed by atoms with Crippen molar-refractivity contribution in [3.63, 3.8) is 0 Å². The molecule has 2 fully saturated rings. The van der Waals surface area contributed by atoms with E-state index >= 15 is 0 Å². The summed E-state index contributed by atoms with van der Waals surface area (Å²) in [4.78, 5) is 0. The molecule has 0 aliphatic carbocycles. The van der Waals surface area contributed by atoms with Gasteiger partial charge in [-0.2, -0.15) is 0 Å². The molecule has 4 nitrogen and oxygen atoms in total. The van der Waals surface area contributed by atoms with Gasteiger partial charge < -0.3 is 19.5 Å². The van der Waals surface area contributed by atoms with E-state index in [0.717, 1.165) is 39.3 Å². The van der Waals surface area contributed by atoms with Crippen LogP contribution in [-0.4, -0.2) is 38.8 Å². The summed E-state index contributed by atoms with van der Waals surface area (Å²) in [6.07, 6.45) is 4.05. The average molecular weight is 323 g/mol. The lowest BCUT2D eigenvalue weighted by atomic mass is 10.2. The minimum absolute atomic E-state index is 0.0299. The molecule has 2 heterocycles. The highest BCUT2D eigenvalue weighted by molar-refractivity contribution is 5.14. The van der Waals surface area contributed by atoms with Gasteiger partial charge in [0.05, 0.1) is 19.3 Å². The Balaban J connectivity index is 0.000000375. The molecular formula is C19H33NO3. The molecule has 4 heteroatoms. The smallest absolute Gasteiger partial charge is 0.157 e. The second kappa shape index (κ2) is 13.5. The third-order valence-corrected chi connectivity index (χ3v) is 3.39. The van der Waals surface area contributed by atoms with Crippen LogP contribution in [0.3, 0.4) is 0 Å². The van der Waals surface area contributed by atoms with Gasteiger partial charge in [-0.15, -0.1) is 0 Å². The molecule has 0 spiro atoms. The maximum Gasteiger partial charge on any atom is 0.157 e. The number of nitrogens with one attached hydrogen (secondary N) is 1. The van der Waals surface area contributed by atoms with Crippen molar-refractivity contribution in [2.24, 2.45) is 0 Å². The third kappa shape index (κ3) is 11.3. The normalized spacial score (nSPS) is 22.2. The van der Waals surface area contributed by atoms with Crippen LogP contribution in [0.15, 0.2) is 30.3 Å². The Morgan fingerprint density at radius 3 is 2.39 bits per heavy atom. The van der Waals surface area contributed by atoms with Crippen LogP contribution < -0.4 is 5.32 Å². The number of ether oxygens (including phenoxy) is 3. The summed E-state index contributed by atoms with van der Waals surface area (Å²) >= 11 is 0. The van der Waals surface area contributed by atoms with E-state index < -0.39 is 0 Å². The van der Waals surface area contributed by atoms with Gasteiger partial charge in [-0.05, 0) is 31.7 Å². The zero-order valence-corrected chi connectivity index (χ0v) is 14.9. The Morgan fingerprint density at radius 2 is 1.83 bits per heavy atom. The van der Waals surface area contributed by atoms with E-state index in [4.69, 9.17) is 14.2 Å². The molecule has 132 valence electrons. The second-order valence-electron chi connectivity index (χ2n) is 5.47. The zero-order chi connectivity index (χ0) is 16.8. The number of rotatable bonds is 6. The maximum absolute atomic E-state index is 5.64. The predicted octanol–water partition coefficient (Wildman–Crippen LogP) is 3.75. The van der Waals surface area contributed by atoms with Gasteiger partial charge in [0, 0.05) is 19.7 Å². The molecule has 23 heavy (non-hydrogen) atoms. The quantitative estimate of drug-likeness (QED) is 0.639. The van der Waals surface area contributed by atoms with E-state index in [1.54, 1.807) is 0 Å². The topological polar surface area (TPSA) is 43.0 Å². The number of epoxide rings is 1. The van der Waals surface area contributed by atoms with Crippen molar-refractivity contribution in [2.45, 2.75) is 59.0 Å². The van der Waals surface area contributed by atoms with Crippen LogP contribution in [0.5, 0.6) is 0 Å². The van der Waals surface area contributed by atoms with Crippen molar-refractivity contribution in [2.75, 3.05) is 26.4 Å². The fourth-order valence-corrected chi connectivity index (χ4v) is 2.03. The lowest BCUT2D eigenvalue weighted by Gasteiger charge is -2.22. The monoisotopic (exact) mass is 323 g/mol. The fourth-order valence-electron chi connectivity index (χ4n) is 2.03. The molecule has 1 aromatic rings. The van der Waals surface area contributed by atoms with Crippen LogP contribution in [-0.2, 0) is 20.8 Å². The molecule has 2 atom stereocenters. The van der Waals surface area contributed by atoms with Gasteiger partial charge in [0.2, 0.25) is 0 Å². The summed E-state index contributed by atoms with van der Waals surface area (Å²) < 4.78 is 15.8. The Kier molecular flexibility index (Phi) is 11.8. The van der Waals surface area contributed by atoms with Gasteiger partial charge in [-0.1, -0.05) is 44.2 Å². The van der Waals surface area contributed by atoms with E-state index in [9.17, 15) is 0 Å². The minimum atomic E-state index is 0.0299. The van der Waals surface area contributed by atoms with Crippen LogP contribution in [0.2, 0.25) is 0 Å². The van der Waals surface area contributed by atoms with Gasteiger partial charge >= 0.3 is 0 Å². The lowest BCUT2D eigenvalue weighted by molar-refractivity contribution is -0.161. The summed E-state index contributed by atoms with van der Waals surface area (Å²) in [6, 6.07) is 10.4. The third-order valence-electron chi connectivity index (χ3n) is 3.39. The molecular weight excluding hydrogens is 290 g/mol. The van der Waals surface area contributed by atoms with Crippen LogP contribution in [0.25, 0.3) is 0 Å². The summed E-state index contributed by atoms with van der Waals surface area (Å²) in [5, 5.41) is 3.36. The number of hydrogen-bond donors (Lipinski definition) is 1. The first-order valence-corrected chi connectivity index (χ1v) is 8.94. The van der Waals surface area contributed by atoms with E-state index in [1.165, 1.54) is 18.4 Å². The highest BCUT2D eigenvalue weighted by Crippen LogP contribution is 2.13. The molecule has 0 amide bonds. The van der Waals surface area contributed by atoms with Gasteiger partial charge in [-0.25, -0.2) is 0 Å². The molecule has 0 radical (unpaired) electrons. The SMILES string of the molecule is CC.CC1CO1.c1ccc(CNCCOC2CCCCO2)cc1. The van der Waals surface area contributed by atoms with Crippen LogP contribution in [0.4, 0.5) is 0 Å². The summed E-state index contributed by atoms with van der Waals surface area (Å²) in [7, 11) is 0. The first-order chi connectivity index (χ1) is 11.3. The van der Waals surface area contributed by atoms with Crippen molar-refractivity contribution in [1.82, 2.24) is 5.32 Å². The van der Waals surface area contributed by atoms with E-state index in [2.05, 4.69) is 36.5 Å². The molecule has 2 unspecified atom stereocenters.